The van der Waals surface area contributed by atoms with E-state index in [0.29, 0.717) is 6.42 Å². The van der Waals surface area contributed by atoms with Crippen molar-refractivity contribution in [3.05, 3.63) is 0 Å². The van der Waals surface area contributed by atoms with E-state index in [2.05, 4.69) is 5.43 Å². The second kappa shape index (κ2) is 4.42. The first-order valence-electron chi connectivity index (χ1n) is 3.98. The third-order valence-electron chi connectivity index (χ3n) is 1.94. The summed E-state index contributed by atoms with van der Waals surface area (Å²) in [6, 6.07) is 0. The Balaban J connectivity index is 3.99. The molecule has 4 heteroatoms. The molecule has 0 saturated heterocycles. The summed E-state index contributed by atoms with van der Waals surface area (Å²) in [6.07, 6.45) is 0.659. The van der Waals surface area contributed by atoms with Gasteiger partial charge in [0.15, 0.2) is 0 Å². The summed E-state index contributed by atoms with van der Waals surface area (Å²) >= 11 is 0. The molecular weight excluding hydrogens is 156 g/mol. The van der Waals surface area contributed by atoms with E-state index >= 15 is 0 Å². The van der Waals surface area contributed by atoms with Crippen LogP contribution in [0, 0.1) is 5.92 Å². The summed E-state index contributed by atoms with van der Waals surface area (Å²) in [7, 11) is 1.63. The fourth-order valence-corrected chi connectivity index (χ4v) is 1.06. The highest BCUT2D eigenvalue weighted by atomic mass is 16.5. The minimum absolute atomic E-state index is 0.120. The molecule has 0 saturated carbocycles. The van der Waals surface area contributed by atoms with Gasteiger partial charge in [0.25, 0.3) is 0 Å². The molecule has 1 amide bonds. The molecule has 0 aromatic rings. The summed E-state index contributed by atoms with van der Waals surface area (Å²) in [5.74, 6) is 4.72. The maximum absolute atomic E-state index is 11.0. The van der Waals surface area contributed by atoms with Gasteiger partial charge in [-0.05, 0) is 20.3 Å². The number of hydrogen-bond acceptors (Lipinski definition) is 3. The second-order valence-electron chi connectivity index (χ2n) is 3.58. The molecule has 4 nitrogen and oxygen atoms in total. The molecule has 0 aliphatic heterocycles. The fourth-order valence-electron chi connectivity index (χ4n) is 1.06. The number of carbonyl (C=O) groups is 1. The van der Waals surface area contributed by atoms with Crippen LogP contribution < -0.4 is 11.3 Å². The monoisotopic (exact) mass is 174 g/mol. The zero-order valence-electron chi connectivity index (χ0n) is 8.18. The van der Waals surface area contributed by atoms with Gasteiger partial charge in [0.1, 0.15) is 0 Å². The molecule has 0 radical (unpaired) electrons. The van der Waals surface area contributed by atoms with Crippen LogP contribution >= 0.6 is 0 Å². The number of rotatable bonds is 4. The van der Waals surface area contributed by atoms with Crippen LogP contribution in [0.1, 0.15) is 27.2 Å². The molecular formula is C8H18N2O2. The maximum Gasteiger partial charge on any atom is 0.236 e. The van der Waals surface area contributed by atoms with Gasteiger partial charge in [0.2, 0.25) is 5.91 Å². The normalized spacial score (nSPS) is 14.1. The van der Waals surface area contributed by atoms with E-state index in [1.54, 1.807) is 7.11 Å². The van der Waals surface area contributed by atoms with Crippen LogP contribution in [-0.2, 0) is 9.53 Å². The lowest BCUT2D eigenvalue weighted by Gasteiger charge is -2.25. The number of carbonyl (C=O) groups excluding carboxylic acids is 1. The van der Waals surface area contributed by atoms with Gasteiger partial charge >= 0.3 is 0 Å². The highest BCUT2D eigenvalue weighted by molar-refractivity contribution is 5.77. The molecule has 0 spiro atoms. The van der Waals surface area contributed by atoms with E-state index in [-0.39, 0.29) is 17.4 Å². The van der Waals surface area contributed by atoms with Gasteiger partial charge in [0.05, 0.1) is 5.60 Å². The zero-order chi connectivity index (χ0) is 9.78. The number of amides is 1. The van der Waals surface area contributed by atoms with Gasteiger partial charge in [-0.3, -0.25) is 10.2 Å². The Hall–Kier alpha value is -0.610. The highest BCUT2D eigenvalue weighted by Crippen LogP contribution is 2.19. The van der Waals surface area contributed by atoms with Gasteiger partial charge < -0.3 is 4.74 Å². The lowest BCUT2D eigenvalue weighted by molar-refractivity contribution is -0.126. The zero-order valence-corrected chi connectivity index (χ0v) is 8.18. The molecule has 12 heavy (non-hydrogen) atoms. The first-order chi connectivity index (χ1) is 5.43. The standard InChI is InChI=1S/C8H18N2O2/c1-6(7(11)10-9)5-8(2,3)12-4/h6H,5,9H2,1-4H3,(H,10,11). The van der Waals surface area contributed by atoms with Gasteiger partial charge in [-0.1, -0.05) is 6.92 Å². The van der Waals surface area contributed by atoms with E-state index in [1.807, 2.05) is 20.8 Å². The van der Waals surface area contributed by atoms with Crippen LogP contribution in [-0.4, -0.2) is 18.6 Å². The van der Waals surface area contributed by atoms with Crippen LogP contribution in [0.2, 0.25) is 0 Å². The summed E-state index contributed by atoms with van der Waals surface area (Å²) < 4.78 is 5.18. The Labute approximate surface area is 73.4 Å². The number of methoxy groups -OCH3 is 1. The number of hydrazine groups is 1. The van der Waals surface area contributed by atoms with E-state index in [4.69, 9.17) is 10.6 Å². The highest BCUT2D eigenvalue weighted by Gasteiger charge is 2.23. The number of ether oxygens (including phenoxy) is 1. The Morgan fingerprint density at radius 3 is 2.50 bits per heavy atom. The summed E-state index contributed by atoms with van der Waals surface area (Å²) in [5, 5.41) is 0. The molecule has 0 aliphatic rings. The molecule has 1 atom stereocenters. The van der Waals surface area contributed by atoms with E-state index in [9.17, 15) is 4.79 Å². The lowest BCUT2D eigenvalue weighted by atomic mass is 9.94. The largest absolute Gasteiger partial charge is 0.379 e. The maximum atomic E-state index is 11.0. The second-order valence-corrected chi connectivity index (χ2v) is 3.58. The van der Waals surface area contributed by atoms with Crippen LogP contribution in [0.15, 0.2) is 0 Å². The average molecular weight is 174 g/mol. The van der Waals surface area contributed by atoms with Crippen molar-refractivity contribution in [2.24, 2.45) is 11.8 Å². The Morgan fingerprint density at radius 1 is 1.67 bits per heavy atom. The Bertz CT molecular complexity index is 157. The SMILES string of the molecule is COC(C)(C)CC(C)C(=O)NN. The summed E-state index contributed by atoms with van der Waals surface area (Å²) in [4.78, 5) is 11.0. The third-order valence-corrected chi connectivity index (χ3v) is 1.94. The van der Waals surface area contributed by atoms with Crippen molar-refractivity contribution in [1.82, 2.24) is 5.43 Å². The van der Waals surface area contributed by atoms with Crippen molar-refractivity contribution >= 4 is 5.91 Å². The quantitative estimate of drug-likeness (QED) is 0.369. The first kappa shape index (κ1) is 11.4. The number of nitrogens with one attached hydrogen (secondary N) is 1. The van der Waals surface area contributed by atoms with Crippen molar-refractivity contribution in [2.45, 2.75) is 32.8 Å². The molecule has 1 unspecified atom stereocenters. The third kappa shape index (κ3) is 3.69. The van der Waals surface area contributed by atoms with Gasteiger partial charge in [-0.2, -0.15) is 0 Å². The Morgan fingerprint density at radius 2 is 2.17 bits per heavy atom. The van der Waals surface area contributed by atoms with Crippen LogP contribution in [0.3, 0.4) is 0 Å². The van der Waals surface area contributed by atoms with Crippen molar-refractivity contribution in [3.8, 4) is 0 Å². The van der Waals surface area contributed by atoms with Crippen LogP contribution in [0.25, 0.3) is 0 Å². The van der Waals surface area contributed by atoms with Gasteiger partial charge in [-0.25, -0.2) is 5.84 Å². The van der Waals surface area contributed by atoms with Crippen LogP contribution in [0.5, 0.6) is 0 Å². The van der Waals surface area contributed by atoms with Crippen molar-refractivity contribution in [1.29, 1.82) is 0 Å². The molecule has 3 N–H and O–H groups in total. The predicted octanol–water partition coefficient (Wildman–Crippen LogP) is 0.428. The topological polar surface area (TPSA) is 64.3 Å². The van der Waals surface area contributed by atoms with Crippen molar-refractivity contribution in [3.63, 3.8) is 0 Å². The van der Waals surface area contributed by atoms with Crippen molar-refractivity contribution in [2.75, 3.05) is 7.11 Å². The fraction of sp³-hybridized carbons (Fsp3) is 0.875. The molecule has 0 aromatic heterocycles. The number of hydrogen-bond donors (Lipinski definition) is 2. The minimum Gasteiger partial charge on any atom is -0.379 e. The molecule has 0 aliphatic carbocycles. The molecule has 0 heterocycles. The average Bonchev–Trinajstić information content (AvgIpc) is 2.02. The first-order valence-corrected chi connectivity index (χ1v) is 3.98. The minimum atomic E-state index is -0.272. The lowest BCUT2D eigenvalue weighted by Crippen LogP contribution is -2.38. The van der Waals surface area contributed by atoms with Crippen molar-refractivity contribution < 1.29 is 9.53 Å². The van der Waals surface area contributed by atoms with Crippen LogP contribution in [0.4, 0.5) is 0 Å². The molecule has 0 aromatic carbocycles. The van der Waals surface area contributed by atoms with E-state index in [0.717, 1.165) is 0 Å². The van der Waals surface area contributed by atoms with E-state index < -0.39 is 0 Å². The summed E-state index contributed by atoms with van der Waals surface area (Å²) in [6.45, 7) is 5.70. The van der Waals surface area contributed by atoms with Gasteiger partial charge in [0, 0.05) is 13.0 Å². The Kier molecular flexibility index (Phi) is 4.20. The molecule has 0 bridgehead atoms. The molecule has 0 fully saturated rings. The van der Waals surface area contributed by atoms with E-state index in [1.165, 1.54) is 0 Å². The number of nitrogens with two attached hydrogens (primary N) is 1. The van der Waals surface area contributed by atoms with Gasteiger partial charge in [-0.15, -0.1) is 0 Å². The smallest absolute Gasteiger partial charge is 0.236 e. The molecule has 72 valence electrons. The molecule has 0 rings (SSSR count). The summed E-state index contributed by atoms with van der Waals surface area (Å²) in [5.41, 5.74) is 1.85. The predicted molar refractivity (Wildman–Crippen MR) is 47.2 cm³/mol.